The molecule has 0 spiro atoms. The molecule has 1 amide bonds. The van der Waals surface area contributed by atoms with Gasteiger partial charge in [0, 0.05) is 21.7 Å². The Hall–Kier alpha value is -2.23. The maximum Gasteiger partial charge on any atom is 0.278 e. The predicted octanol–water partition coefficient (Wildman–Crippen LogP) is 4.20. The minimum atomic E-state index is -1.69. The first-order valence-electron chi connectivity index (χ1n) is 7.13. The second-order valence-corrected chi connectivity index (χ2v) is 8.04. The van der Waals surface area contributed by atoms with Gasteiger partial charge in [0.1, 0.15) is 0 Å². The number of benzene rings is 2. The van der Waals surface area contributed by atoms with Crippen LogP contribution in [0.1, 0.15) is 16.1 Å². The highest BCUT2D eigenvalue weighted by atomic mass is 35.5. The van der Waals surface area contributed by atoms with Crippen LogP contribution < -0.4 is 5.32 Å². The zero-order valence-corrected chi connectivity index (χ0v) is 15.5. The van der Waals surface area contributed by atoms with Crippen LogP contribution >= 0.6 is 23.1 Å². The normalized spacial score (nSPS) is 12.0. The Labute approximate surface area is 158 Å². The Kier molecular flexibility index (Phi) is 5.40. The second-order valence-electron chi connectivity index (χ2n) is 5.17. The molecule has 3 rings (SSSR count). The van der Waals surface area contributed by atoms with Crippen molar-refractivity contribution in [3.63, 3.8) is 0 Å². The summed E-state index contributed by atoms with van der Waals surface area (Å²) in [6.07, 6.45) is 0. The van der Waals surface area contributed by atoms with Crippen molar-refractivity contribution in [2.75, 3.05) is 5.32 Å². The lowest BCUT2D eigenvalue weighted by atomic mass is 10.2. The fraction of sp³-hybridized carbons (Fsp3) is 0.0625. The number of nitrogens with one attached hydrogen (secondary N) is 1. The van der Waals surface area contributed by atoms with Gasteiger partial charge in [-0.05, 0) is 54.4 Å². The van der Waals surface area contributed by atoms with Gasteiger partial charge in [-0.1, -0.05) is 16.1 Å². The Morgan fingerprint density at radius 3 is 2.58 bits per heavy atom. The van der Waals surface area contributed by atoms with E-state index in [2.05, 4.69) is 14.9 Å². The van der Waals surface area contributed by atoms with Crippen LogP contribution in [0.25, 0.3) is 0 Å². The van der Waals surface area contributed by atoms with E-state index in [9.17, 15) is 17.8 Å². The van der Waals surface area contributed by atoms with Crippen molar-refractivity contribution in [2.45, 2.75) is 16.0 Å². The molecule has 0 fully saturated rings. The first kappa shape index (κ1) is 18.6. The summed E-state index contributed by atoms with van der Waals surface area (Å²) in [7, 11) is -1.69. The van der Waals surface area contributed by atoms with Gasteiger partial charge in [0.2, 0.25) is 0 Å². The maximum absolute atomic E-state index is 13.5. The first-order chi connectivity index (χ1) is 12.4. The standard InChI is InChI=1S/C16H10ClF2N3O2S2/c1-8-6-10(7-12(18)13(8)19)20-15(23)14-16(25-22-21-14)26(24)11-4-2-9(17)3-5-11/h2-7H,1H3,(H,20,23). The number of carbonyl (C=O) groups is 1. The monoisotopic (exact) mass is 413 g/mol. The van der Waals surface area contributed by atoms with E-state index in [0.717, 1.165) is 17.6 Å². The van der Waals surface area contributed by atoms with Crippen LogP contribution in [0.4, 0.5) is 14.5 Å². The topological polar surface area (TPSA) is 72.0 Å². The minimum absolute atomic E-state index is 0.0432. The molecule has 0 saturated heterocycles. The largest absolute Gasteiger partial charge is 0.320 e. The van der Waals surface area contributed by atoms with Crippen LogP contribution in [0.2, 0.25) is 5.02 Å². The van der Waals surface area contributed by atoms with Crippen LogP contribution in [0.15, 0.2) is 45.5 Å². The highest BCUT2D eigenvalue weighted by Crippen LogP contribution is 2.25. The molecule has 26 heavy (non-hydrogen) atoms. The van der Waals surface area contributed by atoms with Crippen molar-refractivity contribution in [3.05, 3.63) is 64.3 Å². The molecule has 0 aliphatic rings. The molecule has 3 aromatic rings. The number of halogens is 3. The molecule has 134 valence electrons. The average Bonchev–Trinajstić information content (AvgIpc) is 3.09. The molecule has 0 radical (unpaired) electrons. The molecule has 0 aliphatic carbocycles. The molecule has 5 nitrogen and oxygen atoms in total. The lowest BCUT2D eigenvalue weighted by Crippen LogP contribution is -2.15. The third kappa shape index (κ3) is 3.79. The van der Waals surface area contributed by atoms with E-state index in [1.54, 1.807) is 24.3 Å². The zero-order valence-electron chi connectivity index (χ0n) is 13.1. The number of aromatic nitrogens is 2. The third-order valence-electron chi connectivity index (χ3n) is 3.34. The van der Waals surface area contributed by atoms with Gasteiger partial charge in [-0.3, -0.25) is 4.79 Å². The molecule has 1 N–H and O–H groups in total. The van der Waals surface area contributed by atoms with E-state index >= 15 is 0 Å². The Morgan fingerprint density at radius 2 is 1.92 bits per heavy atom. The molecular formula is C16H10ClF2N3O2S2. The van der Waals surface area contributed by atoms with E-state index in [1.165, 1.54) is 13.0 Å². The van der Waals surface area contributed by atoms with Crippen molar-refractivity contribution in [1.82, 2.24) is 9.59 Å². The van der Waals surface area contributed by atoms with Crippen LogP contribution in [-0.2, 0) is 10.8 Å². The molecule has 0 aliphatic heterocycles. The minimum Gasteiger partial charge on any atom is -0.320 e. The summed E-state index contributed by atoms with van der Waals surface area (Å²) >= 11 is 6.62. The number of nitrogens with zero attached hydrogens (tertiary/aromatic N) is 2. The molecule has 1 heterocycles. The zero-order chi connectivity index (χ0) is 18.8. The highest BCUT2D eigenvalue weighted by Gasteiger charge is 2.23. The number of aryl methyl sites for hydroxylation is 1. The summed E-state index contributed by atoms with van der Waals surface area (Å²) in [6.45, 7) is 1.37. The molecule has 0 saturated carbocycles. The van der Waals surface area contributed by atoms with Gasteiger partial charge in [0.15, 0.2) is 21.5 Å². The molecular weight excluding hydrogens is 404 g/mol. The average molecular weight is 414 g/mol. The summed E-state index contributed by atoms with van der Waals surface area (Å²) in [4.78, 5) is 12.8. The quantitative estimate of drug-likeness (QED) is 0.695. The van der Waals surface area contributed by atoms with Crippen LogP contribution in [0.5, 0.6) is 0 Å². The van der Waals surface area contributed by atoms with Gasteiger partial charge in [0.05, 0.1) is 10.8 Å². The Bertz CT molecular complexity index is 986. The van der Waals surface area contributed by atoms with E-state index in [1.807, 2.05) is 0 Å². The van der Waals surface area contributed by atoms with Crippen molar-refractivity contribution in [1.29, 1.82) is 0 Å². The summed E-state index contributed by atoms with van der Waals surface area (Å²) < 4.78 is 43.3. The second kappa shape index (κ2) is 7.56. The van der Waals surface area contributed by atoms with Crippen molar-refractivity contribution in [2.24, 2.45) is 0 Å². The van der Waals surface area contributed by atoms with Crippen molar-refractivity contribution >= 4 is 45.5 Å². The predicted molar refractivity (Wildman–Crippen MR) is 95.1 cm³/mol. The number of carbonyl (C=O) groups excluding carboxylic acids is 1. The smallest absolute Gasteiger partial charge is 0.278 e. The van der Waals surface area contributed by atoms with Crippen LogP contribution in [-0.4, -0.2) is 19.7 Å². The molecule has 1 atom stereocenters. The van der Waals surface area contributed by atoms with Crippen LogP contribution in [0, 0.1) is 18.6 Å². The van der Waals surface area contributed by atoms with E-state index < -0.39 is 28.3 Å². The van der Waals surface area contributed by atoms with Crippen molar-refractivity contribution in [3.8, 4) is 0 Å². The third-order valence-corrected chi connectivity index (χ3v) is 6.02. The summed E-state index contributed by atoms with van der Waals surface area (Å²) in [6, 6.07) is 8.43. The van der Waals surface area contributed by atoms with E-state index in [-0.39, 0.29) is 21.2 Å². The van der Waals surface area contributed by atoms with E-state index in [4.69, 9.17) is 11.6 Å². The van der Waals surface area contributed by atoms with Gasteiger partial charge in [0.25, 0.3) is 5.91 Å². The van der Waals surface area contributed by atoms with Crippen LogP contribution in [0.3, 0.4) is 0 Å². The fourth-order valence-electron chi connectivity index (χ4n) is 2.10. The van der Waals surface area contributed by atoms with Gasteiger partial charge in [-0.2, -0.15) is 0 Å². The Morgan fingerprint density at radius 1 is 1.23 bits per heavy atom. The number of anilines is 1. The lowest BCUT2D eigenvalue weighted by Gasteiger charge is -2.07. The van der Waals surface area contributed by atoms with E-state index in [0.29, 0.717) is 9.92 Å². The number of rotatable bonds is 4. The fourth-order valence-corrected chi connectivity index (χ4v) is 4.20. The summed E-state index contributed by atoms with van der Waals surface area (Å²) in [5.41, 5.74) is -0.0463. The van der Waals surface area contributed by atoms with Crippen molar-refractivity contribution < 1.29 is 17.8 Å². The Balaban J connectivity index is 1.87. The number of hydrogen-bond acceptors (Lipinski definition) is 5. The number of amides is 1. The summed E-state index contributed by atoms with van der Waals surface area (Å²) in [5.74, 6) is -2.79. The lowest BCUT2D eigenvalue weighted by molar-refractivity contribution is 0.101. The molecule has 1 aromatic heterocycles. The van der Waals surface area contributed by atoms with Gasteiger partial charge >= 0.3 is 0 Å². The first-order valence-corrected chi connectivity index (χ1v) is 9.43. The SMILES string of the molecule is Cc1cc(NC(=O)c2nnsc2S(=O)c2ccc(Cl)cc2)cc(F)c1F. The number of hydrogen-bond donors (Lipinski definition) is 1. The summed E-state index contributed by atoms with van der Waals surface area (Å²) in [5, 5.41) is 6.61. The molecule has 2 aromatic carbocycles. The van der Waals surface area contributed by atoms with Gasteiger partial charge < -0.3 is 5.32 Å². The molecule has 0 bridgehead atoms. The maximum atomic E-state index is 13.5. The van der Waals surface area contributed by atoms with Gasteiger partial charge in [-0.15, -0.1) is 5.10 Å². The molecule has 10 heteroatoms. The molecule has 1 unspecified atom stereocenters. The highest BCUT2D eigenvalue weighted by molar-refractivity contribution is 7.87. The van der Waals surface area contributed by atoms with Gasteiger partial charge in [-0.25, -0.2) is 13.0 Å².